The Kier molecular flexibility index (Phi) is 25.4. The summed E-state index contributed by atoms with van der Waals surface area (Å²) in [5.41, 5.74) is 7.99. The van der Waals surface area contributed by atoms with E-state index in [0.717, 1.165) is 44.5 Å². The average Bonchev–Trinajstić information content (AvgIpc) is 1.13. The molecule has 11 rings (SSSR count). The number of hydrogen-bond acceptors (Lipinski definition) is 14. The molecule has 0 amide bonds. The van der Waals surface area contributed by atoms with Crippen molar-refractivity contribution in [3.63, 3.8) is 0 Å². The molecule has 0 N–H and O–H groups in total. The molecule has 14 nitrogen and oxygen atoms in total. The molecule has 10 atom stereocenters. The number of esters is 1. The lowest BCUT2D eigenvalue weighted by Gasteiger charge is -2.46. The predicted octanol–water partition coefficient (Wildman–Crippen LogP) is 13.6. The maximum atomic E-state index is 14.4. The highest BCUT2D eigenvalue weighted by Crippen LogP contribution is 2.35. The van der Waals surface area contributed by atoms with Crippen molar-refractivity contribution in [1.82, 2.24) is 0 Å². The molecule has 2 aliphatic heterocycles. The van der Waals surface area contributed by atoms with Gasteiger partial charge in [-0.15, -0.1) is 0 Å². The lowest BCUT2D eigenvalue weighted by molar-refractivity contribution is -0.338. The van der Waals surface area contributed by atoms with E-state index < -0.39 is 73.5 Å². The second kappa shape index (κ2) is 35.7. The summed E-state index contributed by atoms with van der Waals surface area (Å²) in [7, 11) is 0. The molecule has 0 unspecified atom stereocenters. The smallest absolute Gasteiger partial charge is 0.338 e. The van der Waals surface area contributed by atoms with Gasteiger partial charge in [0, 0.05) is 0 Å². The quantitative estimate of drug-likeness (QED) is 0.0354. The van der Waals surface area contributed by atoms with E-state index >= 15 is 0 Å². The van der Waals surface area contributed by atoms with Gasteiger partial charge in [0.2, 0.25) is 0 Å². The van der Waals surface area contributed by atoms with Crippen LogP contribution in [-0.4, -0.2) is 99.9 Å². The zero-order valence-electron chi connectivity index (χ0n) is 51.5. The molecule has 0 radical (unpaired) electrons. The van der Waals surface area contributed by atoms with Crippen molar-refractivity contribution in [1.29, 1.82) is 0 Å². The van der Waals surface area contributed by atoms with Crippen molar-refractivity contribution in [3.8, 4) is 0 Å². The van der Waals surface area contributed by atoms with Crippen LogP contribution >= 0.6 is 0 Å². The molecule has 92 heavy (non-hydrogen) atoms. The lowest BCUT2D eigenvalue weighted by Crippen LogP contribution is -2.62. The Morgan fingerprint density at radius 2 is 0.522 bits per heavy atom. The zero-order chi connectivity index (χ0) is 62.6. The number of benzene rings is 9. The molecule has 9 aromatic carbocycles. The van der Waals surface area contributed by atoms with Gasteiger partial charge in [-0.05, 0) is 56.6 Å². The SMILES string of the molecule is O=C(OC(CO[C@H]1O[C@H](COCc2ccccc2)[C@H](OCc2ccccc2)[C@H](OCc2ccccc2)[C@H]1OCc1ccccc1)CO[C@H]1O[C@H](COCc2ccccc2)[C@H](OCc2ccccc2)[C@H](OCc2ccccc2)[C@H]1OCc1ccccc1)c1ccccc1. The number of ether oxygens (including phenoxy) is 13. The highest BCUT2D eigenvalue weighted by atomic mass is 16.7. The van der Waals surface area contributed by atoms with Crippen molar-refractivity contribution in [2.45, 2.75) is 120 Å². The molecule has 2 heterocycles. The van der Waals surface area contributed by atoms with E-state index in [2.05, 4.69) is 0 Å². The van der Waals surface area contributed by atoms with Crippen LogP contribution in [0.25, 0.3) is 0 Å². The second-order valence-corrected chi connectivity index (χ2v) is 22.7. The number of rotatable bonds is 34. The molecular formula is C78H80O14. The van der Waals surface area contributed by atoms with Gasteiger partial charge in [0.25, 0.3) is 0 Å². The predicted molar refractivity (Wildman–Crippen MR) is 347 cm³/mol. The van der Waals surface area contributed by atoms with Gasteiger partial charge in [-0.3, -0.25) is 0 Å². The van der Waals surface area contributed by atoms with Gasteiger partial charge in [0.1, 0.15) is 54.9 Å². The molecule has 0 bridgehead atoms. The fourth-order valence-corrected chi connectivity index (χ4v) is 11.1. The highest BCUT2D eigenvalue weighted by molar-refractivity contribution is 5.89. The zero-order valence-corrected chi connectivity index (χ0v) is 51.5. The topological polar surface area (TPSA) is 137 Å². The Hall–Kier alpha value is -8.03. The van der Waals surface area contributed by atoms with E-state index in [0.29, 0.717) is 18.8 Å². The minimum absolute atomic E-state index is 0.101. The first kappa shape index (κ1) is 65.5. The third-order valence-corrected chi connectivity index (χ3v) is 15.9. The van der Waals surface area contributed by atoms with Crippen LogP contribution in [0, 0.1) is 0 Å². The summed E-state index contributed by atoms with van der Waals surface area (Å²) in [6, 6.07) is 88.4. The lowest BCUT2D eigenvalue weighted by atomic mass is 9.97. The largest absolute Gasteiger partial charge is 0.454 e. The van der Waals surface area contributed by atoms with E-state index in [9.17, 15) is 4.79 Å². The van der Waals surface area contributed by atoms with Crippen LogP contribution < -0.4 is 0 Å². The highest BCUT2D eigenvalue weighted by Gasteiger charge is 2.51. The summed E-state index contributed by atoms with van der Waals surface area (Å²) < 4.78 is 89.8. The molecule has 0 saturated carbocycles. The minimum atomic E-state index is -1.14. The molecule has 2 aliphatic rings. The van der Waals surface area contributed by atoms with E-state index in [-0.39, 0.29) is 66.1 Å². The third-order valence-electron chi connectivity index (χ3n) is 15.9. The van der Waals surface area contributed by atoms with Gasteiger partial charge < -0.3 is 61.6 Å². The minimum Gasteiger partial charge on any atom is -0.454 e. The van der Waals surface area contributed by atoms with E-state index in [1.54, 1.807) is 24.3 Å². The van der Waals surface area contributed by atoms with Crippen LogP contribution in [0.1, 0.15) is 54.9 Å². The second-order valence-electron chi connectivity index (χ2n) is 22.7. The van der Waals surface area contributed by atoms with Crippen molar-refractivity contribution in [2.24, 2.45) is 0 Å². The van der Waals surface area contributed by atoms with Crippen molar-refractivity contribution >= 4 is 5.97 Å². The maximum Gasteiger partial charge on any atom is 0.338 e. The Morgan fingerprint density at radius 3 is 0.804 bits per heavy atom. The van der Waals surface area contributed by atoms with Crippen molar-refractivity contribution in [3.05, 3.63) is 323 Å². The van der Waals surface area contributed by atoms with Crippen molar-refractivity contribution < 1.29 is 66.4 Å². The van der Waals surface area contributed by atoms with Crippen LogP contribution in [0.4, 0.5) is 0 Å². The van der Waals surface area contributed by atoms with Gasteiger partial charge >= 0.3 is 5.97 Å². The van der Waals surface area contributed by atoms with Gasteiger partial charge in [-0.25, -0.2) is 4.79 Å². The molecule has 2 fully saturated rings. The summed E-state index contributed by atoms with van der Waals surface area (Å²) in [6.07, 6.45) is -9.77. The Labute approximate surface area is 539 Å². The van der Waals surface area contributed by atoms with E-state index in [1.165, 1.54) is 0 Å². The molecule has 0 aliphatic carbocycles. The summed E-state index contributed by atoms with van der Waals surface area (Å²) in [6.45, 7) is 1.64. The van der Waals surface area contributed by atoms with Gasteiger partial charge in [0.05, 0.1) is 84.8 Å². The summed E-state index contributed by atoms with van der Waals surface area (Å²) in [5.74, 6) is -0.595. The van der Waals surface area contributed by atoms with E-state index in [1.807, 2.05) is 249 Å². The molecule has 476 valence electrons. The fourth-order valence-electron chi connectivity index (χ4n) is 11.1. The Morgan fingerprint density at radius 1 is 0.283 bits per heavy atom. The van der Waals surface area contributed by atoms with Crippen LogP contribution in [0.5, 0.6) is 0 Å². The standard InChI is InChI=1S/C78H80O14/c79-76(66-44-26-9-27-45-66)90-67(54-88-77-74(86-52-64-40-22-7-23-41-64)72(84-50-62-36-18-5-19-37-62)70(82-48-60-32-14-3-15-33-60)68(91-77)56-80-46-58-28-10-1-11-29-58)55-89-78-75(87-53-65-42-24-8-25-43-65)73(85-51-63-38-20-6-21-39-63)71(83-49-61-34-16-4-17-35-61)69(92-78)57-81-47-59-30-12-2-13-31-59/h1-45,67-75,77-78H,46-57H2/t68-,69-,70+,71+,72+,73+,74-,75-,77+,78+/m1/s1. The van der Waals surface area contributed by atoms with Crippen LogP contribution in [0.3, 0.4) is 0 Å². The summed E-state index contributed by atoms with van der Waals surface area (Å²) >= 11 is 0. The summed E-state index contributed by atoms with van der Waals surface area (Å²) in [5, 5.41) is 0. The van der Waals surface area contributed by atoms with E-state index in [4.69, 9.17) is 61.6 Å². The average molecular weight is 1240 g/mol. The van der Waals surface area contributed by atoms with Crippen LogP contribution in [-0.2, 0) is 114 Å². The molecule has 14 heteroatoms. The number of carbonyl (C=O) groups is 1. The monoisotopic (exact) mass is 1240 g/mol. The Bertz CT molecular complexity index is 3250. The summed E-state index contributed by atoms with van der Waals surface area (Å²) in [4.78, 5) is 14.4. The van der Waals surface area contributed by atoms with Gasteiger partial charge in [0.15, 0.2) is 12.6 Å². The molecule has 0 spiro atoms. The van der Waals surface area contributed by atoms with Crippen LogP contribution in [0.2, 0.25) is 0 Å². The van der Waals surface area contributed by atoms with Crippen molar-refractivity contribution in [2.75, 3.05) is 26.4 Å². The first-order valence-electron chi connectivity index (χ1n) is 31.5. The molecule has 9 aromatic rings. The normalized spacial score (nSPS) is 21.4. The number of hydrogen-bond donors (Lipinski definition) is 0. The Balaban J connectivity index is 0.926. The molecular weight excluding hydrogens is 1160 g/mol. The van der Waals surface area contributed by atoms with Gasteiger partial charge in [-0.1, -0.05) is 261 Å². The fraction of sp³-hybridized carbons (Fsp3) is 0.295. The van der Waals surface area contributed by atoms with Gasteiger partial charge in [-0.2, -0.15) is 0 Å². The first-order valence-corrected chi connectivity index (χ1v) is 31.5. The molecule has 2 saturated heterocycles. The number of carbonyl (C=O) groups excluding carboxylic acids is 1. The maximum absolute atomic E-state index is 14.4. The van der Waals surface area contributed by atoms with Crippen LogP contribution in [0.15, 0.2) is 273 Å². The third kappa shape index (κ3) is 20.0. The first-order chi connectivity index (χ1) is 45.5. The molecule has 0 aromatic heterocycles.